The predicted octanol–water partition coefficient (Wildman–Crippen LogP) is 8.29. The van der Waals surface area contributed by atoms with Gasteiger partial charge in [-0.05, 0) is 129 Å². The standard InChI is InChI=1S/C40H57ClN2O6SSi/c1-27-21-28(18-20-49-51(6,7)39(2,3)4)10-16-36(47-5)33-14-11-31(33)24-43-25-40(19-8-9-29-22-32(41)13-15-34(29)40)26-48-37-17-12-30(23-35(37)43)38(44)42-50(27,45)46/h10,12-13,15-17,22-23,27-28,31,33,36H,8-9,11,14,18-21,24-26H2,1-7H3,(H,42,44)/b16-10+/t27-,28-,31+,33-,36+,40+/m1/s1. The van der Waals surface area contributed by atoms with E-state index in [0.29, 0.717) is 49.2 Å². The van der Waals surface area contributed by atoms with Crippen molar-refractivity contribution in [1.29, 1.82) is 0 Å². The summed E-state index contributed by atoms with van der Waals surface area (Å²) in [6.45, 7) is 15.4. The number of carbonyl (C=O) groups excluding carboxylic acids is 1. The molecule has 1 amide bonds. The minimum Gasteiger partial charge on any atom is -0.490 e. The third-order valence-corrected chi connectivity index (χ3v) is 19.1. The van der Waals surface area contributed by atoms with Crippen LogP contribution in [0.2, 0.25) is 23.2 Å². The molecule has 0 saturated heterocycles. The van der Waals surface area contributed by atoms with Gasteiger partial charge in [-0.2, -0.15) is 0 Å². The second-order valence-electron chi connectivity index (χ2n) is 17.1. The van der Waals surface area contributed by atoms with Crippen LogP contribution in [0.15, 0.2) is 48.6 Å². The SMILES string of the molecule is CO[C@H]1/C=C/[C@H](CCO[Si](C)(C)C(C)(C)C)C[C@@H](C)S(=O)(=O)NC(=O)c2ccc3c(c2)N(C[C@@H]2CC[C@H]21)C[C@@]1(CCCc2cc(Cl)ccc21)CO3. The number of hydrogen-bond acceptors (Lipinski definition) is 7. The fraction of sp³-hybridized carbons (Fsp3) is 0.625. The Bertz CT molecular complexity index is 1740. The molecule has 1 spiro atoms. The number of rotatable bonds is 5. The summed E-state index contributed by atoms with van der Waals surface area (Å²) in [4.78, 5) is 16.1. The summed E-state index contributed by atoms with van der Waals surface area (Å²) in [5.74, 6) is 0.720. The molecule has 6 rings (SSSR count). The number of carbonyl (C=O) groups is 1. The molecule has 0 radical (unpaired) electrons. The monoisotopic (exact) mass is 756 g/mol. The van der Waals surface area contributed by atoms with Crippen molar-refractivity contribution in [1.82, 2.24) is 4.72 Å². The van der Waals surface area contributed by atoms with Crippen LogP contribution in [0.3, 0.4) is 0 Å². The van der Waals surface area contributed by atoms with Gasteiger partial charge in [-0.15, -0.1) is 0 Å². The lowest BCUT2D eigenvalue weighted by Gasteiger charge is -2.46. The van der Waals surface area contributed by atoms with Gasteiger partial charge in [0.1, 0.15) is 5.75 Å². The molecule has 1 N–H and O–H groups in total. The number of fused-ring (bicyclic) bond motifs is 4. The molecule has 2 aromatic rings. The molecule has 2 aromatic carbocycles. The van der Waals surface area contributed by atoms with Crippen molar-refractivity contribution < 1.29 is 27.1 Å². The zero-order valence-electron chi connectivity index (χ0n) is 31.5. The molecule has 2 bridgehead atoms. The number of amides is 1. The van der Waals surface area contributed by atoms with E-state index in [0.717, 1.165) is 55.9 Å². The van der Waals surface area contributed by atoms with Gasteiger partial charge in [0, 0.05) is 42.8 Å². The molecular formula is C40H57ClN2O6SSi. The molecule has 2 heterocycles. The fourth-order valence-electron chi connectivity index (χ4n) is 8.27. The lowest BCUT2D eigenvalue weighted by atomic mass is 9.68. The number of allylic oxidation sites excluding steroid dienone is 1. The fourth-order valence-corrected chi connectivity index (χ4v) is 10.6. The largest absolute Gasteiger partial charge is 0.490 e. The van der Waals surface area contributed by atoms with E-state index < -0.39 is 29.5 Å². The number of sulfonamides is 1. The van der Waals surface area contributed by atoms with E-state index in [4.69, 9.17) is 25.5 Å². The van der Waals surface area contributed by atoms with Gasteiger partial charge in [-0.25, -0.2) is 13.1 Å². The molecule has 280 valence electrons. The van der Waals surface area contributed by atoms with E-state index >= 15 is 0 Å². The third-order valence-electron chi connectivity index (χ3n) is 12.7. The molecule has 2 aliphatic heterocycles. The van der Waals surface area contributed by atoms with Crippen molar-refractivity contribution >= 4 is 41.5 Å². The maximum atomic E-state index is 13.7. The van der Waals surface area contributed by atoms with E-state index in [2.05, 4.69) is 67.8 Å². The molecule has 51 heavy (non-hydrogen) atoms. The summed E-state index contributed by atoms with van der Waals surface area (Å²) in [5, 5.41) is 0.0280. The maximum absolute atomic E-state index is 13.7. The van der Waals surface area contributed by atoms with Crippen molar-refractivity contribution in [2.75, 3.05) is 38.3 Å². The number of nitrogens with zero attached hydrogens (tertiary/aromatic N) is 1. The van der Waals surface area contributed by atoms with Crippen molar-refractivity contribution in [3.63, 3.8) is 0 Å². The van der Waals surface area contributed by atoms with Gasteiger partial charge in [0.05, 0.1) is 23.6 Å². The van der Waals surface area contributed by atoms with E-state index in [1.165, 1.54) is 11.1 Å². The van der Waals surface area contributed by atoms with Crippen molar-refractivity contribution in [2.24, 2.45) is 17.8 Å². The van der Waals surface area contributed by atoms with Crippen molar-refractivity contribution in [2.45, 2.75) is 108 Å². The van der Waals surface area contributed by atoms with Crippen molar-refractivity contribution in [3.8, 4) is 5.75 Å². The minimum atomic E-state index is -3.98. The molecule has 0 unspecified atom stereocenters. The maximum Gasteiger partial charge on any atom is 0.264 e. The van der Waals surface area contributed by atoms with Gasteiger partial charge in [0.15, 0.2) is 8.32 Å². The molecule has 8 nitrogen and oxygen atoms in total. The molecule has 0 aromatic heterocycles. The van der Waals surface area contributed by atoms with Crippen LogP contribution in [0.1, 0.15) is 87.7 Å². The van der Waals surface area contributed by atoms with Crippen LogP contribution in [-0.2, 0) is 31.0 Å². The van der Waals surface area contributed by atoms with Crippen LogP contribution in [0.4, 0.5) is 5.69 Å². The Balaban J connectivity index is 1.35. The van der Waals surface area contributed by atoms with Gasteiger partial charge >= 0.3 is 0 Å². The Kier molecular flexibility index (Phi) is 11.1. The second-order valence-corrected chi connectivity index (χ2v) is 24.4. The summed E-state index contributed by atoms with van der Waals surface area (Å²) in [6.07, 6.45) is 10.4. The Hall–Kier alpha value is -2.37. The van der Waals surface area contributed by atoms with Crippen molar-refractivity contribution in [3.05, 3.63) is 70.3 Å². The lowest BCUT2D eigenvalue weighted by molar-refractivity contribution is 0.0129. The predicted molar refractivity (Wildman–Crippen MR) is 208 cm³/mol. The number of ether oxygens (including phenoxy) is 2. The number of hydrogen-bond donors (Lipinski definition) is 1. The summed E-state index contributed by atoms with van der Waals surface area (Å²) >= 11 is 6.46. The first-order chi connectivity index (χ1) is 24.0. The van der Waals surface area contributed by atoms with Crippen LogP contribution in [-0.4, -0.2) is 67.4 Å². The quantitative estimate of drug-likeness (QED) is 0.243. The average molecular weight is 758 g/mol. The van der Waals surface area contributed by atoms with E-state index in [1.807, 2.05) is 18.2 Å². The highest BCUT2D eigenvalue weighted by atomic mass is 35.5. The molecule has 6 atom stereocenters. The van der Waals surface area contributed by atoms with E-state index in [9.17, 15) is 13.2 Å². The van der Waals surface area contributed by atoms with Gasteiger partial charge in [0.25, 0.3) is 5.91 Å². The molecule has 1 fully saturated rings. The van der Waals surface area contributed by atoms with Gasteiger partial charge in [0.2, 0.25) is 10.0 Å². The van der Waals surface area contributed by atoms with Gasteiger partial charge < -0.3 is 18.8 Å². The highest BCUT2D eigenvalue weighted by Crippen LogP contribution is 2.47. The van der Waals surface area contributed by atoms with Gasteiger partial charge in [-0.1, -0.05) is 50.6 Å². The molecular weight excluding hydrogens is 700 g/mol. The van der Waals surface area contributed by atoms with E-state index in [1.54, 1.807) is 20.1 Å². The topological polar surface area (TPSA) is 94.2 Å². The third kappa shape index (κ3) is 8.10. The number of nitrogens with one attached hydrogen (secondary N) is 1. The van der Waals surface area contributed by atoms with E-state index in [-0.39, 0.29) is 22.5 Å². The normalized spacial score (nSPS) is 30.2. The number of aryl methyl sites for hydroxylation is 1. The highest BCUT2D eigenvalue weighted by molar-refractivity contribution is 7.90. The highest BCUT2D eigenvalue weighted by Gasteiger charge is 2.45. The Labute approximate surface area is 311 Å². The number of methoxy groups -OCH3 is 1. The first-order valence-electron chi connectivity index (χ1n) is 18.7. The minimum absolute atomic E-state index is 0.0612. The Morgan fingerprint density at radius 3 is 2.61 bits per heavy atom. The summed E-state index contributed by atoms with van der Waals surface area (Å²) in [5.41, 5.74) is 3.43. The Morgan fingerprint density at radius 1 is 1.12 bits per heavy atom. The lowest BCUT2D eigenvalue weighted by Crippen LogP contribution is -2.49. The zero-order valence-corrected chi connectivity index (χ0v) is 34.0. The van der Waals surface area contributed by atoms with Crippen LogP contribution < -0.4 is 14.4 Å². The number of halogens is 1. The summed E-state index contributed by atoms with van der Waals surface area (Å²) < 4.78 is 49.1. The van der Waals surface area contributed by atoms with Crippen LogP contribution in [0.5, 0.6) is 5.75 Å². The number of anilines is 1. The van der Waals surface area contributed by atoms with Gasteiger partial charge in [-0.3, -0.25) is 4.79 Å². The second kappa shape index (κ2) is 14.8. The summed E-state index contributed by atoms with van der Waals surface area (Å²) in [7, 11) is -4.17. The smallest absolute Gasteiger partial charge is 0.264 e. The zero-order chi connectivity index (χ0) is 36.8. The van der Waals surface area contributed by atoms with Crippen LogP contribution >= 0.6 is 11.6 Å². The molecule has 11 heteroatoms. The number of benzene rings is 2. The van der Waals surface area contributed by atoms with Crippen LogP contribution in [0.25, 0.3) is 0 Å². The molecule has 2 aliphatic carbocycles. The first-order valence-corrected chi connectivity index (χ1v) is 23.6. The first kappa shape index (κ1) is 38.4. The Morgan fingerprint density at radius 2 is 1.90 bits per heavy atom. The average Bonchev–Trinajstić information content (AvgIpc) is 3.20. The summed E-state index contributed by atoms with van der Waals surface area (Å²) in [6, 6.07) is 11.6. The molecule has 1 saturated carbocycles. The molecule has 4 aliphatic rings. The van der Waals surface area contributed by atoms with Crippen LogP contribution in [0, 0.1) is 17.8 Å².